The molecule has 2 saturated carbocycles. The van der Waals surface area contributed by atoms with E-state index in [9.17, 15) is 10.2 Å². The molecule has 0 aromatic carbocycles. The van der Waals surface area contributed by atoms with Crippen LogP contribution in [0.2, 0.25) is 0 Å². The maximum Gasteiger partial charge on any atom is 0.0839 e. The molecule has 0 spiro atoms. The van der Waals surface area contributed by atoms with Gasteiger partial charge >= 0.3 is 0 Å². The van der Waals surface area contributed by atoms with Crippen LogP contribution in [-0.4, -0.2) is 22.4 Å². The second-order valence-electron chi connectivity index (χ2n) is 4.08. The summed E-state index contributed by atoms with van der Waals surface area (Å²) >= 11 is 0. The SMILES string of the molecule is O[C@@H]1[C@H](O)[C@H]2C3C=CC(C3)[C@@H]12. The lowest BCUT2D eigenvalue weighted by molar-refractivity contribution is -0.157. The van der Waals surface area contributed by atoms with Crippen molar-refractivity contribution in [1.82, 2.24) is 0 Å². The van der Waals surface area contributed by atoms with Crippen molar-refractivity contribution in [3.05, 3.63) is 12.2 Å². The Morgan fingerprint density at radius 2 is 1.36 bits per heavy atom. The first-order chi connectivity index (χ1) is 5.29. The van der Waals surface area contributed by atoms with Gasteiger partial charge in [-0.05, 0) is 30.1 Å². The third-order valence-electron chi connectivity index (χ3n) is 3.72. The topological polar surface area (TPSA) is 40.5 Å². The Balaban J connectivity index is 1.96. The average molecular weight is 152 g/mol. The van der Waals surface area contributed by atoms with Crippen LogP contribution in [0, 0.1) is 23.7 Å². The van der Waals surface area contributed by atoms with Crippen LogP contribution in [0.25, 0.3) is 0 Å². The van der Waals surface area contributed by atoms with Gasteiger partial charge in [-0.3, -0.25) is 0 Å². The van der Waals surface area contributed by atoms with E-state index in [2.05, 4.69) is 12.2 Å². The highest BCUT2D eigenvalue weighted by Crippen LogP contribution is 2.57. The summed E-state index contributed by atoms with van der Waals surface area (Å²) in [5.41, 5.74) is 0. The Kier molecular flexibility index (Phi) is 0.958. The Bertz CT molecular complexity index is 202. The zero-order valence-electron chi connectivity index (χ0n) is 6.22. The molecular weight excluding hydrogens is 140 g/mol. The van der Waals surface area contributed by atoms with Gasteiger partial charge in [-0.2, -0.15) is 0 Å². The highest BCUT2D eigenvalue weighted by molar-refractivity contribution is 5.21. The van der Waals surface area contributed by atoms with E-state index in [1.54, 1.807) is 0 Å². The summed E-state index contributed by atoms with van der Waals surface area (Å²) in [4.78, 5) is 0. The molecule has 3 aliphatic carbocycles. The van der Waals surface area contributed by atoms with Crippen molar-refractivity contribution >= 4 is 0 Å². The summed E-state index contributed by atoms with van der Waals surface area (Å²) in [5, 5.41) is 18.8. The number of rotatable bonds is 0. The molecule has 2 N–H and O–H groups in total. The first-order valence-corrected chi connectivity index (χ1v) is 4.33. The monoisotopic (exact) mass is 152 g/mol. The van der Waals surface area contributed by atoms with Crippen LogP contribution in [0.3, 0.4) is 0 Å². The Labute approximate surface area is 65.5 Å². The number of aliphatic hydroxyl groups is 2. The number of hydrogen-bond donors (Lipinski definition) is 2. The first kappa shape index (κ1) is 6.21. The number of fused-ring (bicyclic) bond motifs is 5. The molecule has 2 unspecified atom stereocenters. The third kappa shape index (κ3) is 0.531. The van der Waals surface area contributed by atoms with Gasteiger partial charge in [-0.25, -0.2) is 0 Å². The van der Waals surface area contributed by atoms with Crippen molar-refractivity contribution in [3.8, 4) is 0 Å². The van der Waals surface area contributed by atoms with Gasteiger partial charge in [0.05, 0.1) is 12.2 Å². The summed E-state index contributed by atoms with van der Waals surface area (Å²) in [5.74, 6) is 1.92. The van der Waals surface area contributed by atoms with Crippen LogP contribution in [0.1, 0.15) is 6.42 Å². The van der Waals surface area contributed by atoms with Gasteiger partial charge in [0.25, 0.3) is 0 Å². The molecule has 2 heteroatoms. The summed E-state index contributed by atoms with van der Waals surface area (Å²) < 4.78 is 0. The quantitative estimate of drug-likeness (QED) is 0.485. The van der Waals surface area contributed by atoms with E-state index in [-0.39, 0.29) is 0 Å². The second-order valence-corrected chi connectivity index (χ2v) is 4.08. The summed E-state index contributed by atoms with van der Waals surface area (Å²) in [7, 11) is 0. The maximum absolute atomic E-state index is 9.42. The molecule has 60 valence electrons. The zero-order chi connectivity index (χ0) is 7.59. The average Bonchev–Trinajstić information content (AvgIpc) is 2.58. The van der Waals surface area contributed by atoms with Crippen LogP contribution in [-0.2, 0) is 0 Å². The van der Waals surface area contributed by atoms with E-state index in [0.717, 1.165) is 0 Å². The summed E-state index contributed by atoms with van der Waals surface area (Å²) in [6.07, 6.45) is 4.73. The van der Waals surface area contributed by atoms with Gasteiger partial charge in [0, 0.05) is 0 Å². The van der Waals surface area contributed by atoms with E-state index >= 15 is 0 Å². The molecule has 0 aliphatic heterocycles. The molecule has 0 amide bonds. The molecular formula is C9H12O2. The second kappa shape index (κ2) is 1.70. The minimum atomic E-state index is -0.431. The molecule has 2 bridgehead atoms. The number of aliphatic hydroxyl groups excluding tert-OH is 2. The van der Waals surface area contributed by atoms with Crippen molar-refractivity contribution in [3.63, 3.8) is 0 Å². The highest BCUT2D eigenvalue weighted by atomic mass is 16.3. The minimum absolute atomic E-state index is 0.389. The largest absolute Gasteiger partial charge is 0.390 e. The van der Waals surface area contributed by atoms with Crippen LogP contribution in [0.5, 0.6) is 0 Å². The molecule has 0 saturated heterocycles. The Hall–Kier alpha value is -0.340. The van der Waals surface area contributed by atoms with Gasteiger partial charge in [0.15, 0.2) is 0 Å². The predicted molar refractivity (Wildman–Crippen MR) is 39.7 cm³/mol. The fourth-order valence-electron chi connectivity index (χ4n) is 3.17. The number of allylic oxidation sites excluding steroid dienone is 2. The Morgan fingerprint density at radius 3 is 1.82 bits per heavy atom. The Morgan fingerprint density at radius 1 is 0.909 bits per heavy atom. The van der Waals surface area contributed by atoms with E-state index in [4.69, 9.17) is 0 Å². The van der Waals surface area contributed by atoms with E-state index in [0.29, 0.717) is 23.7 Å². The maximum atomic E-state index is 9.42. The van der Waals surface area contributed by atoms with Gasteiger partial charge in [-0.1, -0.05) is 12.2 Å². The molecule has 6 atom stereocenters. The molecule has 3 aliphatic rings. The predicted octanol–water partition coefficient (Wildman–Crippen LogP) is 0.160. The fourth-order valence-corrected chi connectivity index (χ4v) is 3.17. The molecule has 0 aromatic rings. The van der Waals surface area contributed by atoms with Crippen molar-refractivity contribution in [2.45, 2.75) is 18.6 Å². The van der Waals surface area contributed by atoms with Crippen molar-refractivity contribution in [1.29, 1.82) is 0 Å². The summed E-state index contributed by atoms with van der Waals surface area (Å²) in [6, 6.07) is 0. The van der Waals surface area contributed by atoms with Crippen molar-refractivity contribution < 1.29 is 10.2 Å². The van der Waals surface area contributed by atoms with Gasteiger partial charge in [0.1, 0.15) is 0 Å². The zero-order valence-corrected chi connectivity index (χ0v) is 6.22. The molecule has 2 fully saturated rings. The highest BCUT2D eigenvalue weighted by Gasteiger charge is 2.60. The van der Waals surface area contributed by atoms with Crippen molar-refractivity contribution in [2.75, 3.05) is 0 Å². The molecule has 0 aromatic heterocycles. The van der Waals surface area contributed by atoms with Gasteiger partial charge in [0.2, 0.25) is 0 Å². The lowest BCUT2D eigenvalue weighted by Gasteiger charge is -2.47. The van der Waals surface area contributed by atoms with E-state index < -0.39 is 12.2 Å². The van der Waals surface area contributed by atoms with Gasteiger partial charge < -0.3 is 10.2 Å². The molecule has 3 rings (SSSR count). The van der Waals surface area contributed by atoms with E-state index in [1.807, 2.05) is 0 Å². The fraction of sp³-hybridized carbons (Fsp3) is 0.778. The molecule has 0 heterocycles. The standard InChI is InChI=1S/C9H12O2/c10-8-6-4-1-2-5(3-4)7(6)9(8)11/h1-2,4-11H,3H2/t4?,5?,6-,7+,8+,9-. The lowest BCUT2D eigenvalue weighted by Crippen LogP contribution is -2.57. The molecule has 0 radical (unpaired) electrons. The van der Waals surface area contributed by atoms with E-state index in [1.165, 1.54) is 6.42 Å². The third-order valence-corrected chi connectivity index (χ3v) is 3.72. The van der Waals surface area contributed by atoms with Crippen LogP contribution in [0.15, 0.2) is 12.2 Å². The van der Waals surface area contributed by atoms with Gasteiger partial charge in [-0.15, -0.1) is 0 Å². The number of hydrogen-bond acceptors (Lipinski definition) is 2. The molecule has 11 heavy (non-hydrogen) atoms. The molecule has 2 nitrogen and oxygen atoms in total. The lowest BCUT2D eigenvalue weighted by atomic mass is 9.63. The normalized spacial score (nSPS) is 64.5. The van der Waals surface area contributed by atoms with Crippen LogP contribution < -0.4 is 0 Å². The minimum Gasteiger partial charge on any atom is -0.390 e. The van der Waals surface area contributed by atoms with Crippen LogP contribution in [0.4, 0.5) is 0 Å². The van der Waals surface area contributed by atoms with Crippen LogP contribution >= 0.6 is 0 Å². The smallest absolute Gasteiger partial charge is 0.0839 e. The first-order valence-electron chi connectivity index (χ1n) is 4.33. The summed E-state index contributed by atoms with van der Waals surface area (Å²) in [6.45, 7) is 0. The van der Waals surface area contributed by atoms with Crippen molar-refractivity contribution in [2.24, 2.45) is 23.7 Å².